The van der Waals surface area contributed by atoms with Crippen molar-refractivity contribution in [2.75, 3.05) is 0 Å². The second-order valence-electron chi connectivity index (χ2n) is 9.70. The van der Waals surface area contributed by atoms with Gasteiger partial charge in [-0.2, -0.15) is 13.2 Å². The lowest BCUT2D eigenvalue weighted by atomic mass is 10.0. The first-order valence-corrected chi connectivity index (χ1v) is 14.5. The molecule has 0 unspecified atom stereocenters. The smallest absolute Gasteiger partial charge is 0.269 e. The van der Waals surface area contributed by atoms with Crippen LogP contribution in [0.4, 0.5) is 13.2 Å². The van der Waals surface area contributed by atoms with Crippen LogP contribution in [0.3, 0.4) is 0 Å². The van der Waals surface area contributed by atoms with Gasteiger partial charge in [-0.05, 0) is 42.3 Å². The van der Waals surface area contributed by atoms with Crippen molar-refractivity contribution in [2.45, 2.75) is 39.4 Å². The Balaban J connectivity index is 1.52. The summed E-state index contributed by atoms with van der Waals surface area (Å²) in [7, 11) is 0. The van der Waals surface area contributed by atoms with Gasteiger partial charge in [0.2, 0.25) is 4.87 Å². The first kappa shape index (κ1) is 25.6. The van der Waals surface area contributed by atoms with Crippen LogP contribution in [0.1, 0.15) is 25.0 Å². The van der Waals surface area contributed by atoms with Crippen molar-refractivity contribution in [2.24, 2.45) is 9.98 Å². The quantitative estimate of drug-likeness (QED) is 0.248. The SMILES string of the molecule is CC1(C)N=C(c2ccccc2)S[C@@]12S[C@](c1ccccc1)(C(F)(F)F)N=C2Sc1ccc2ccccc2c1. The molecule has 0 aromatic heterocycles. The normalized spacial score (nSPS) is 24.6. The van der Waals surface area contributed by atoms with Gasteiger partial charge in [0.25, 0.3) is 0 Å². The zero-order valence-corrected chi connectivity index (χ0v) is 23.0. The van der Waals surface area contributed by atoms with Crippen LogP contribution in [0.25, 0.3) is 10.8 Å². The third-order valence-corrected chi connectivity index (χ3v) is 11.9. The molecule has 2 atom stereocenters. The number of thioether (sulfide) groups is 3. The highest BCUT2D eigenvalue weighted by molar-refractivity contribution is 8.31. The minimum absolute atomic E-state index is 0.121. The van der Waals surface area contributed by atoms with Crippen molar-refractivity contribution in [3.05, 3.63) is 114 Å². The molecule has 0 amide bonds. The molecule has 4 aromatic carbocycles. The second kappa shape index (κ2) is 9.21. The molecular formula is C30H23F3N2S3. The van der Waals surface area contributed by atoms with E-state index in [0.717, 1.165) is 38.0 Å². The highest BCUT2D eigenvalue weighted by Gasteiger charge is 2.71. The summed E-state index contributed by atoms with van der Waals surface area (Å²) in [5.41, 5.74) is 0.149. The molecule has 0 N–H and O–H groups in total. The Morgan fingerprint density at radius 1 is 0.737 bits per heavy atom. The van der Waals surface area contributed by atoms with Gasteiger partial charge in [-0.15, -0.1) is 0 Å². The summed E-state index contributed by atoms with van der Waals surface area (Å²) in [6.07, 6.45) is -4.62. The van der Waals surface area contributed by atoms with Crippen molar-refractivity contribution in [3.8, 4) is 0 Å². The van der Waals surface area contributed by atoms with Crippen molar-refractivity contribution in [3.63, 3.8) is 0 Å². The zero-order chi connectivity index (χ0) is 26.6. The number of halogens is 3. The average Bonchev–Trinajstić information content (AvgIpc) is 3.39. The Labute approximate surface area is 232 Å². The minimum Gasteiger partial charge on any atom is -0.269 e. The molecule has 2 aliphatic heterocycles. The van der Waals surface area contributed by atoms with E-state index in [-0.39, 0.29) is 5.56 Å². The minimum atomic E-state index is -4.62. The molecule has 0 saturated heterocycles. The lowest BCUT2D eigenvalue weighted by molar-refractivity contribution is -0.159. The van der Waals surface area contributed by atoms with E-state index < -0.39 is 20.7 Å². The Kier molecular flexibility index (Phi) is 6.20. The van der Waals surface area contributed by atoms with Crippen molar-refractivity contribution in [1.82, 2.24) is 0 Å². The van der Waals surface area contributed by atoms with Gasteiger partial charge in [-0.25, -0.2) is 4.99 Å². The van der Waals surface area contributed by atoms with E-state index in [9.17, 15) is 0 Å². The number of fused-ring (bicyclic) bond motifs is 1. The van der Waals surface area contributed by atoms with E-state index in [1.807, 2.05) is 86.6 Å². The lowest BCUT2D eigenvalue weighted by Crippen LogP contribution is -2.46. The fraction of sp³-hybridized carbons (Fsp3) is 0.200. The van der Waals surface area contributed by atoms with E-state index in [4.69, 9.17) is 4.99 Å². The van der Waals surface area contributed by atoms with E-state index in [0.29, 0.717) is 5.04 Å². The maximum Gasteiger partial charge on any atom is 0.427 e. The number of hydrogen-bond acceptors (Lipinski definition) is 5. The summed E-state index contributed by atoms with van der Waals surface area (Å²) in [5, 5.41) is 3.25. The van der Waals surface area contributed by atoms with Gasteiger partial charge in [0.1, 0.15) is 14.2 Å². The summed E-state index contributed by atoms with van der Waals surface area (Å²) in [4.78, 5) is 8.03. The predicted molar refractivity (Wildman–Crippen MR) is 156 cm³/mol. The average molecular weight is 565 g/mol. The van der Waals surface area contributed by atoms with Gasteiger partial charge in [0.15, 0.2) is 0 Å². The molecule has 2 heterocycles. The first-order chi connectivity index (χ1) is 18.1. The van der Waals surface area contributed by atoms with Crippen molar-refractivity contribution in [1.29, 1.82) is 0 Å². The van der Waals surface area contributed by atoms with E-state index in [1.165, 1.54) is 35.7 Å². The Morgan fingerprint density at radius 2 is 1.37 bits per heavy atom. The van der Waals surface area contributed by atoms with E-state index in [2.05, 4.69) is 4.99 Å². The van der Waals surface area contributed by atoms with Crippen LogP contribution in [0.15, 0.2) is 118 Å². The molecule has 0 radical (unpaired) electrons. The van der Waals surface area contributed by atoms with Gasteiger partial charge < -0.3 is 0 Å². The van der Waals surface area contributed by atoms with Crippen LogP contribution in [0.2, 0.25) is 0 Å². The second-order valence-corrected chi connectivity index (χ2v) is 13.6. The summed E-state index contributed by atoms with van der Waals surface area (Å²) in [6, 6.07) is 31.6. The van der Waals surface area contributed by atoms with Gasteiger partial charge in [-0.3, -0.25) is 4.99 Å². The van der Waals surface area contributed by atoms with Gasteiger partial charge in [-0.1, -0.05) is 126 Å². The summed E-state index contributed by atoms with van der Waals surface area (Å²) >= 11 is 3.56. The highest BCUT2D eigenvalue weighted by Crippen LogP contribution is 2.69. The first-order valence-electron chi connectivity index (χ1n) is 12.1. The van der Waals surface area contributed by atoms with Crippen LogP contribution >= 0.6 is 35.3 Å². The Bertz CT molecular complexity index is 1570. The highest BCUT2D eigenvalue weighted by atomic mass is 32.2. The van der Waals surface area contributed by atoms with Crippen molar-refractivity contribution < 1.29 is 13.2 Å². The monoisotopic (exact) mass is 564 g/mol. The molecule has 0 fully saturated rings. The Hall–Kier alpha value is -2.68. The molecule has 2 nitrogen and oxygen atoms in total. The number of aliphatic imine (C=N–C) groups is 2. The van der Waals surface area contributed by atoms with Crippen LogP contribution < -0.4 is 0 Å². The largest absolute Gasteiger partial charge is 0.427 e. The molecule has 0 bridgehead atoms. The fourth-order valence-corrected chi connectivity index (χ4v) is 9.78. The number of alkyl halides is 3. The number of hydrogen-bond donors (Lipinski definition) is 0. The van der Waals surface area contributed by atoms with Crippen LogP contribution in [0.5, 0.6) is 0 Å². The number of rotatable bonds is 3. The lowest BCUT2D eigenvalue weighted by Gasteiger charge is -2.38. The van der Waals surface area contributed by atoms with E-state index in [1.54, 1.807) is 18.2 Å². The molecule has 0 saturated carbocycles. The standard InChI is InChI=1S/C30H23F3N2S3/c1-27(2)29(37-25(34-27)21-12-5-3-6-13-21)26(36-24-18-17-20-11-9-10-14-22(20)19-24)35-28(38-29,30(31,32)33)23-15-7-4-8-16-23/h3-19H,1-2H3/t28-,29+/m1/s1. The number of benzene rings is 4. The molecular weight excluding hydrogens is 542 g/mol. The molecule has 8 heteroatoms. The van der Waals surface area contributed by atoms with Gasteiger partial charge in [0.05, 0.1) is 5.54 Å². The maximum absolute atomic E-state index is 15.1. The topological polar surface area (TPSA) is 24.7 Å². The summed E-state index contributed by atoms with van der Waals surface area (Å²) < 4.78 is 44.4. The zero-order valence-electron chi connectivity index (χ0n) is 20.6. The molecule has 2 aliphatic rings. The molecule has 1 spiro atoms. The van der Waals surface area contributed by atoms with Gasteiger partial charge in [0, 0.05) is 10.5 Å². The summed E-state index contributed by atoms with van der Waals surface area (Å²) in [6.45, 7) is 3.83. The summed E-state index contributed by atoms with van der Waals surface area (Å²) in [5.74, 6) is 0. The maximum atomic E-state index is 15.1. The molecule has 0 aliphatic carbocycles. The van der Waals surface area contributed by atoms with Crippen LogP contribution in [-0.4, -0.2) is 25.9 Å². The molecule has 38 heavy (non-hydrogen) atoms. The molecule has 4 aromatic rings. The fourth-order valence-electron chi connectivity index (χ4n) is 4.76. The van der Waals surface area contributed by atoms with Crippen LogP contribution in [0, 0.1) is 0 Å². The Morgan fingerprint density at radius 3 is 2.05 bits per heavy atom. The number of nitrogens with zero attached hydrogens (tertiary/aromatic N) is 2. The van der Waals surface area contributed by atoms with E-state index >= 15 is 13.2 Å². The van der Waals surface area contributed by atoms with Crippen molar-refractivity contribution >= 4 is 56.1 Å². The van der Waals surface area contributed by atoms with Crippen LogP contribution in [-0.2, 0) is 4.87 Å². The third kappa shape index (κ3) is 4.08. The third-order valence-electron chi connectivity index (χ3n) is 6.76. The molecule has 192 valence electrons. The van der Waals surface area contributed by atoms with Gasteiger partial charge >= 0.3 is 6.18 Å². The predicted octanol–water partition coefficient (Wildman–Crippen LogP) is 9.16. The molecule has 6 rings (SSSR count).